The van der Waals surface area contributed by atoms with Crippen LogP contribution in [0.3, 0.4) is 0 Å². The third-order valence-corrected chi connectivity index (χ3v) is 2.49. The maximum absolute atomic E-state index is 13.5. The number of benzene rings is 1. The number of aromatic nitrogens is 1. The zero-order chi connectivity index (χ0) is 10.8. The van der Waals surface area contributed by atoms with Crippen LogP contribution >= 0.6 is 0 Å². The van der Waals surface area contributed by atoms with E-state index in [1.165, 1.54) is 6.20 Å². The predicted molar refractivity (Wildman–Crippen MR) is 57.6 cm³/mol. The lowest BCUT2D eigenvalue weighted by molar-refractivity contribution is 0.415. The summed E-state index contributed by atoms with van der Waals surface area (Å²) in [6.45, 7) is 1.93. The first kappa shape index (κ1) is 9.90. The first-order valence-corrected chi connectivity index (χ1v) is 4.87. The van der Waals surface area contributed by atoms with E-state index >= 15 is 0 Å². The molecule has 2 rings (SSSR count). The van der Waals surface area contributed by atoms with Gasteiger partial charge in [-0.25, -0.2) is 4.39 Å². The molecule has 0 radical (unpaired) electrons. The molecule has 3 heteroatoms. The Morgan fingerprint density at radius 2 is 2.20 bits per heavy atom. The average Bonchev–Trinajstić information content (AvgIpc) is 2.28. The Labute approximate surface area is 87.7 Å². The number of nitrogens with zero attached hydrogens (tertiary/aromatic N) is 1. The Kier molecular flexibility index (Phi) is 2.54. The summed E-state index contributed by atoms with van der Waals surface area (Å²) in [6.07, 6.45) is 1.92. The highest BCUT2D eigenvalue weighted by atomic mass is 19.1. The molecule has 0 saturated carbocycles. The predicted octanol–water partition coefficient (Wildman–Crippen LogP) is 2.94. The minimum absolute atomic E-state index is 0.252. The number of fused-ring (bicyclic) bond motifs is 1. The first-order valence-electron chi connectivity index (χ1n) is 4.87. The van der Waals surface area contributed by atoms with Crippen molar-refractivity contribution in [2.24, 2.45) is 0 Å². The molecule has 1 heterocycles. The Morgan fingerprint density at radius 1 is 1.40 bits per heavy atom. The largest absolute Gasteiger partial charge is 0.497 e. The Bertz CT molecular complexity index is 496. The number of pyridine rings is 1. The Balaban J connectivity index is 2.76. The van der Waals surface area contributed by atoms with Crippen LogP contribution in [0.2, 0.25) is 0 Å². The van der Waals surface area contributed by atoms with Gasteiger partial charge in [0.15, 0.2) is 0 Å². The molecule has 0 aliphatic rings. The van der Waals surface area contributed by atoms with Gasteiger partial charge in [0.2, 0.25) is 0 Å². The van der Waals surface area contributed by atoms with Crippen molar-refractivity contribution in [2.75, 3.05) is 7.11 Å². The fraction of sp³-hybridized carbons (Fsp3) is 0.250. The molecule has 0 N–H and O–H groups in total. The van der Waals surface area contributed by atoms with Crippen LogP contribution < -0.4 is 4.74 Å². The molecular formula is C12H12FNO. The number of rotatable bonds is 2. The summed E-state index contributed by atoms with van der Waals surface area (Å²) in [4.78, 5) is 4.03. The van der Waals surface area contributed by atoms with E-state index in [4.69, 9.17) is 4.74 Å². The fourth-order valence-electron chi connectivity index (χ4n) is 1.69. The molecule has 0 bridgehead atoms. The third-order valence-electron chi connectivity index (χ3n) is 2.49. The number of halogens is 1. The number of methoxy groups -OCH3 is 1. The summed E-state index contributed by atoms with van der Waals surface area (Å²) in [7, 11) is 1.60. The van der Waals surface area contributed by atoms with Gasteiger partial charge in [-0.3, -0.25) is 4.98 Å². The maximum atomic E-state index is 13.5. The molecule has 0 atom stereocenters. The molecule has 0 aliphatic heterocycles. The lowest BCUT2D eigenvalue weighted by Crippen LogP contribution is -1.93. The van der Waals surface area contributed by atoms with Crippen molar-refractivity contribution in [1.82, 2.24) is 4.98 Å². The van der Waals surface area contributed by atoms with Crippen molar-refractivity contribution in [3.63, 3.8) is 0 Å². The first-order chi connectivity index (χ1) is 7.26. The zero-order valence-corrected chi connectivity index (χ0v) is 8.75. The lowest BCUT2D eigenvalue weighted by atomic mass is 10.1. The van der Waals surface area contributed by atoms with E-state index in [9.17, 15) is 4.39 Å². The molecule has 2 nitrogen and oxygen atoms in total. The topological polar surface area (TPSA) is 22.1 Å². The van der Waals surface area contributed by atoms with Gasteiger partial charge in [0.1, 0.15) is 11.6 Å². The quantitative estimate of drug-likeness (QED) is 0.752. The van der Waals surface area contributed by atoms with Crippen LogP contribution in [-0.2, 0) is 6.42 Å². The molecule has 0 amide bonds. The summed E-state index contributed by atoms with van der Waals surface area (Å²) in [5.41, 5.74) is 1.49. The second kappa shape index (κ2) is 3.85. The molecule has 0 fully saturated rings. The molecule has 0 saturated heterocycles. The highest BCUT2D eigenvalue weighted by Gasteiger charge is 2.07. The van der Waals surface area contributed by atoms with E-state index in [0.717, 1.165) is 16.7 Å². The molecule has 0 spiro atoms. The van der Waals surface area contributed by atoms with Crippen LogP contribution in [0.5, 0.6) is 5.75 Å². The number of ether oxygens (including phenoxy) is 1. The monoisotopic (exact) mass is 205 g/mol. The summed E-state index contributed by atoms with van der Waals surface area (Å²) in [6, 6.07) is 5.49. The summed E-state index contributed by atoms with van der Waals surface area (Å²) in [5, 5.41) is 0.830. The van der Waals surface area contributed by atoms with E-state index in [0.29, 0.717) is 12.0 Å². The minimum atomic E-state index is -0.252. The summed E-state index contributed by atoms with van der Waals surface area (Å²) >= 11 is 0. The van der Waals surface area contributed by atoms with Crippen LogP contribution in [0, 0.1) is 5.82 Å². The molecule has 78 valence electrons. The van der Waals surface area contributed by atoms with Crippen molar-refractivity contribution in [3.05, 3.63) is 35.8 Å². The molecule has 1 aromatic heterocycles. The molecule has 15 heavy (non-hydrogen) atoms. The van der Waals surface area contributed by atoms with E-state index < -0.39 is 0 Å². The standard InChI is InChI=1S/C12H12FNO/c1-3-9-10-6-8(15-2)4-5-12(10)14-7-11(9)13/h4-7H,3H2,1-2H3. The normalized spacial score (nSPS) is 10.6. The van der Waals surface area contributed by atoms with Gasteiger partial charge in [0.25, 0.3) is 0 Å². The highest BCUT2D eigenvalue weighted by molar-refractivity contribution is 5.83. The summed E-state index contributed by atoms with van der Waals surface area (Å²) < 4.78 is 18.6. The van der Waals surface area contributed by atoms with Crippen molar-refractivity contribution in [3.8, 4) is 5.75 Å². The third kappa shape index (κ3) is 1.65. The van der Waals surface area contributed by atoms with Crippen molar-refractivity contribution in [1.29, 1.82) is 0 Å². The van der Waals surface area contributed by atoms with Crippen LogP contribution in [0.15, 0.2) is 24.4 Å². The molecule has 1 aromatic carbocycles. The van der Waals surface area contributed by atoms with Gasteiger partial charge in [-0.05, 0) is 30.2 Å². The van der Waals surface area contributed by atoms with Crippen molar-refractivity contribution < 1.29 is 9.13 Å². The van der Waals surface area contributed by atoms with Crippen LogP contribution in [0.4, 0.5) is 4.39 Å². The molecular weight excluding hydrogens is 193 g/mol. The van der Waals surface area contributed by atoms with E-state index in [-0.39, 0.29) is 5.82 Å². The average molecular weight is 205 g/mol. The van der Waals surface area contributed by atoms with E-state index in [2.05, 4.69) is 4.98 Å². The van der Waals surface area contributed by atoms with Crippen LogP contribution in [0.25, 0.3) is 10.9 Å². The van der Waals surface area contributed by atoms with Gasteiger partial charge in [0.05, 0.1) is 18.8 Å². The number of hydrogen-bond donors (Lipinski definition) is 0. The minimum Gasteiger partial charge on any atom is -0.497 e. The van der Waals surface area contributed by atoms with E-state index in [1.807, 2.05) is 25.1 Å². The SMILES string of the molecule is CCc1c(F)cnc2ccc(OC)cc12. The zero-order valence-electron chi connectivity index (χ0n) is 8.75. The second-order valence-corrected chi connectivity index (χ2v) is 3.32. The van der Waals surface area contributed by atoms with Gasteiger partial charge in [-0.2, -0.15) is 0 Å². The van der Waals surface area contributed by atoms with Gasteiger partial charge < -0.3 is 4.74 Å². The van der Waals surface area contributed by atoms with Crippen LogP contribution in [0.1, 0.15) is 12.5 Å². The summed E-state index contributed by atoms with van der Waals surface area (Å²) in [5.74, 6) is 0.475. The van der Waals surface area contributed by atoms with E-state index in [1.54, 1.807) is 7.11 Å². The maximum Gasteiger partial charge on any atom is 0.145 e. The van der Waals surface area contributed by atoms with Gasteiger partial charge in [-0.15, -0.1) is 0 Å². The number of aryl methyl sites for hydroxylation is 1. The molecule has 2 aromatic rings. The Morgan fingerprint density at radius 3 is 2.87 bits per heavy atom. The lowest BCUT2D eigenvalue weighted by Gasteiger charge is -2.06. The fourth-order valence-corrected chi connectivity index (χ4v) is 1.69. The van der Waals surface area contributed by atoms with Crippen LogP contribution in [-0.4, -0.2) is 12.1 Å². The Hall–Kier alpha value is -1.64. The second-order valence-electron chi connectivity index (χ2n) is 3.32. The molecule has 0 aliphatic carbocycles. The number of hydrogen-bond acceptors (Lipinski definition) is 2. The van der Waals surface area contributed by atoms with Crippen molar-refractivity contribution in [2.45, 2.75) is 13.3 Å². The smallest absolute Gasteiger partial charge is 0.145 e. The molecule has 0 unspecified atom stereocenters. The van der Waals surface area contributed by atoms with Crippen molar-refractivity contribution >= 4 is 10.9 Å². The van der Waals surface area contributed by atoms with Gasteiger partial charge in [0, 0.05) is 5.39 Å². The highest BCUT2D eigenvalue weighted by Crippen LogP contribution is 2.24. The van der Waals surface area contributed by atoms with Gasteiger partial charge in [-0.1, -0.05) is 6.92 Å². The van der Waals surface area contributed by atoms with Gasteiger partial charge >= 0.3 is 0 Å².